The van der Waals surface area contributed by atoms with Crippen LogP contribution in [0.4, 0.5) is 4.79 Å². The summed E-state index contributed by atoms with van der Waals surface area (Å²) in [6, 6.07) is 6.66. The van der Waals surface area contributed by atoms with Gasteiger partial charge in [-0.25, -0.2) is 9.59 Å². The fourth-order valence-electron chi connectivity index (χ4n) is 2.00. The molecule has 5 nitrogen and oxygen atoms in total. The molecule has 1 aromatic rings. The third kappa shape index (κ3) is 4.53. The van der Waals surface area contributed by atoms with E-state index in [2.05, 4.69) is 5.92 Å². The highest BCUT2D eigenvalue weighted by molar-refractivity contribution is 5.89. The molecule has 0 aliphatic carbocycles. The summed E-state index contributed by atoms with van der Waals surface area (Å²) in [5.41, 5.74) is 0.985. The second-order valence-corrected chi connectivity index (χ2v) is 4.63. The number of carbonyl (C=O) groups is 2. The van der Waals surface area contributed by atoms with Crippen molar-refractivity contribution in [1.29, 1.82) is 0 Å². The van der Waals surface area contributed by atoms with E-state index in [1.165, 1.54) is 0 Å². The number of rotatable bonds is 6. The summed E-state index contributed by atoms with van der Waals surface area (Å²) < 4.78 is 0. The maximum atomic E-state index is 12.1. The summed E-state index contributed by atoms with van der Waals surface area (Å²) in [4.78, 5) is 26.4. The molecular formula is C16H20N2O3. The van der Waals surface area contributed by atoms with Gasteiger partial charge in [0.25, 0.3) is 0 Å². The van der Waals surface area contributed by atoms with Crippen LogP contribution in [0.3, 0.4) is 0 Å². The summed E-state index contributed by atoms with van der Waals surface area (Å²) in [7, 11) is 1.69. The van der Waals surface area contributed by atoms with E-state index in [0.717, 1.165) is 0 Å². The normalized spacial score (nSPS) is 9.76. The third-order valence-corrected chi connectivity index (χ3v) is 3.23. The summed E-state index contributed by atoms with van der Waals surface area (Å²) in [6.45, 7) is 3.11. The fraction of sp³-hybridized carbons (Fsp3) is 0.375. The monoisotopic (exact) mass is 288 g/mol. The Hall–Kier alpha value is -2.48. The van der Waals surface area contributed by atoms with Gasteiger partial charge < -0.3 is 14.9 Å². The van der Waals surface area contributed by atoms with Crippen LogP contribution >= 0.6 is 0 Å². The lowest BCUT2D eigenvalue weighted by Crippen LogP contribution is -2.42. The van der Waals surface area contributed by atoms with Crippen LogP contribution in [0.1, 0.15) is 22.8 Å². The van der Waals surface area contributed by atoms with E-state index in [1.54, 1.807) is 41.1 Å². The predicted octanol–water partition coefficient (Wildman–Crippen LogP) is 1.93. The molecule has 0 atom stereocenters. The van der Waals surface area contributed by atoms with Crippen LogP contribution in [0.15, 0.2) is 24.3 Å². The van der Waals surface area contributed by atoms with E-state index in [-0.39, 0.29) is 18.1 Å². The Labute approximate surface area is 125 Å². The highest BCUT2D eigenvalue weighted by Gasteiger charge is 2.16. The molecule has 1 rings (SSSR count). The number of aromatic carboxylic acids is 1. The van der Waals surface area contributed by atoms with Gasteiger partial charge in [0.2, 0.25) is 0 Å². The summed E-state index contributed by atoms with van der Waals surface area (Å²) >= 11 is 0. The van der Waals surface area contributed by atoms with Crippen molar-refractivity contribution in [3.63, 3.8) is 0 Å². The highest BCUT2D eigenvalue weighted by atomic mass is 16.4. The van der Waals surface area contributed by atoms with Crippen LogP contribution in [0, 0.1) is 12.3 Å². The lowest BCUT2D eigenvalue weighted by atomic mass is 10.0. The van der Waals surface area contributed by atoms with Crippen LogP contribution in [0.2, 0.25) is 0 Å². The molecule has 0 aliphatic heterocycles. The smallest absolute Gasteiger partial charge is 0.335 e. The van der Waals surface area contributed by atoms with Gasteiger partial charge in [0, 0.05) is 20.1 Å². The average Bonchev–Trinajstić information content (AvgIpc) is 2.49. The van der Waals surface area contributed by atoms with Crippen LogP contribution in [0.25, 0.3) is 0 Å². The van der Waals surface area contributed by atoms with Crippen molar-refractivity contribution in [3.8, 4) is 12.3 Å². The number of likely N-dealkylation sites (N-methyl/N-ethyl adjacent to an activating group) is 1. The predicted molar refractivity (Wildman–Crippen MR) is 81.2 cm³/mol. The standard InChI is InChI=1S/C16H20N2O3/c1-4-11-18(5-2)16(21)17(3)12-10-13-8-6-7-9-14(13)15(19)20/h1,6-9H,5,10-12H2,2-3H3,(H,19,20). The zero-order chi connectivity index (χ0) is 15.8. The number of amides is 2. The van der Waals surface area contributed by atoms with Gasteiger partial charge in [-0.15, -0.1) is 6.42 Å². The Morgan fingerprint density at radius 3 is 2.57 bits per heavy atom. The second-order valence-electron chi connectivity index (χ2n) is 4.63. The van der Waals surface area contributed by atoms with Gasteiger partial charge in [-0.3, -0.25) is 0 Å². The van der Waals surface area contributed by atoms with E-state index in [4.69, 9.17) is 11.5 Å². The molecule has 1 aromatic carbocycles. The molecule has 0 radical (unpaired) electrons. The number of carboxylic acids is 1. The number of terminal acetylenes is 1. The number of hydrogen-bond acceptors (Lipinski definition) is 2. The average molecular weight is 288 g/mol. The number of nitrogens with zero attached hydrogens (tertiary/aromatic N) is 2. The van der Waals surface area contributed by atoms with Crippen LogP contribution in [-0.2, 0) is 6.42 Å². The maximum absolute atomic E-state index is 12.1. The molecule has 2 amide bonds. The van der Waals surface area contributed by atoms with E-state index in [9.17, 15) is 9.59 Å². The minimum atomic E-state index is -0.956. The number of hydrogen-bond donors (Lipinski definition) is 1. The number of urea groups is 1. The van der Waals surface area contributed by atoms with Crippen molar-refractivity contribution in [3.05, 3.63) is 35.4 Å². The van der Waals surface area contributed by atoms with Crippen LogP contribution < -0.4 is 0 Å². The molecule has 0 aromatic heterocycles. The number of carbonyl (C=O) groups excluding carboxylic acids is 1. The van der Waals surface area contributed by atoms with Gasteiger partial charge in [-0.05, 0) is 25.0 Å². The molecule has 0 aliphatic rings. The quantitative estimate of drug-likeness (QED) is 0.814. The van der Waals surface area contributed by atoms with Gasteiger partial charge in [0.15, 0.2) is 0 Å². The van der Waals surface area contributed by atoms with Crippen molar-refractivity contribution in [2.45, 2.75) is 13.3 Å². The summed E-state index contributed by atoms with van der Waals surface area (Å²) in [5, 5.41) is 9.13. The largest absolute Gasteiger partial charge is 0.478 e. The highest BCUT2D eigenvalue weighted by Crippen LogP contribution is 2.10. The number of benzene rings is 1. The topological polar surface area (TPSA) is 60.9 Å². The third-order valence-electron chi connectivity index (χ3n) is 3.23. The van der Waals surface area contributed by atoms with Crippen molar-refractivity contribution < 1.29 is 14.7 Å². The molecule has 0 bridgehead atoms. The molecule has 0 spiro atoms. The van der Waals surface area contributed by atoms with Crippen molar-refractivity contribution in [2.75, 3.05) is 26.7 Å². The maximum Gasteiger partial charge on any atom is 0.335 e. The molecule has 112 valence electrons. The molecule has 21 heavy (non-hydrogen) atoms. The van der Waals surface area contributed by atoms with Crippen LogP contribution in [0.5, 0.6) is 0 Å². The molecule has 0 fully saturated rings. The van der Waals surface area contributed by atoms with Gasteiger partial charge in [-0.1, -0.05) is 24.1 Å². The van der Waals surface area contributed by atoms with E-state index >= 15 is 0 Å². The zero-order valence-electron chi connectivity index (χ0n) is 12.4. The number of carboxylic acid groups (broad SMARTS) is 1. The minimum absolute atomic E-state index is 0.150. The lowest BCUT2D eigenvalue weighted by molar-refractivity contribution is 0.0695. The van der Waals surface area contributed by atoms with E-state index < -0.39 is 5.97 Å². The first-order valence-corrected chi connectivity index (χ1v) is 6.76. The first-order valence-electron chi connectivity index (χ1n) is 6.76. The van der Waals surface area contributed by atoms with Crippen molar-refractivity contribution in [1.82, 2.24) is 9.80 Å². The summed E-state index contributed by atoms with van der Waals surface area (Å²) in [6.07, 6.45) is 5.72. The Balaban J connectivity index is 2.69. The fourth-order valence-corrected chi connectivity index (χ4v) is 2.00. The summed E-state index contributed by atoms with van der Waals surface area (Å²) in [5.74, 6) is 1.50. The van der Waals surface area contributed by atoms with Gasteiger partial charge in [0.05, 0.1) is 12.1 Å². The molecular weight excluding hydrogens is 268 g/mol. The Kier molecular flexibility index (Phi) is 6.28. The molecule has 0 heterocycles. The Bertz CT molecular complexity index is 549. The molecule has 0 saturated heterocycles. The SMILES string of the molecule is C#CCN(CC)C(=O)N(C)CCc1ccccc1C(=O)O. The van der Waals surface area contributed by atoms with Crippen LogP contribution in [-0.4, -0.2) is 53.6 Å². The molecule has 0 saturated carbocycles. The zero-order valence-corrected chi connectivity index (χ0v) is 12.4. The first kappa shape index (κ1) is 16.6. The van der Waals surface area contributed by atoms with Gasteiger partial charge >= 0.3 is 12.0 Å². The van der Waals surface area contributed by atoms with E-state index in [1.807, 2.05) is 6.92 Å². The van der Waals surface area contributed by atoms with Gasteiger partial charge in [0.1, 0.15) is 0 Å². The van der Waals surface area contributed by atoms with Crippen molar-refractivity contribution >= 4 is 12.0 Å². The lowest BCUT2D eigenvalue weighted by Gasteiger charge is -2.25. The minimum Gasteiger partial charge on any atom is -0.478 e. The van der Waals surface area contributed by atoms with Gasteiger partial charge in [-0.2, -0.15) is 0 Å². The second kappa shape index (κ2) is 7.95. The first-order chi connectivity index (χ1) is 10.0. The molecule has 1 N–H and O–H groups in total. The molecule has 0 unspecified atom stereocenters. The molecule has 5 heteroatoms. The van der Waals surface area contributed by atoms with Crippen molar-refractivity contribution in [2.24, 2.45) is 0 Å². The van der Waals surface area contributed by atoms with E-state index in [0.29, 0.717) is 25.1 Å². The Morgan fingerprint density at radius 1 is 1.33 bits per heavy atom. The Morgan fingerprint density at radius 2 is 2.00 bits per heavy atom.